The zero-order valence-corrected chi connectivity index (χ0v) is 56.3. The maximum atomic E-state index is 13.9. The third-order valence-electron chi connectivity index (χ3n) is 17.9. The molecule has 2 aromatic heterocycles. The van der Waals surface area contributed by atoms with E-state index in [2.05, 4.69) is 66.2 Å². The number of halogens is 1. The first-order valence-corrected chi connectivity index (χ1v) is 35.7. The molecular formula is C66H84BrN11O12S2. The number of benzene rings is 4. The van der Waals surface area contributed by atoms with Crippen LogP contribution in [0.3, 0.4) is 0 Å². The molecule has 10 heterocycles. The first kappa shape index (κ1) is 68.4. The number of aryl methyl sites for hydroxylation is 2. The van der Waals surface area contributed by atoms with E-state index in [4.69, 9.17) is 34.2 Å². The molecule has 494 valence electrons. The van der Waals surface area contributed by atoms with E-state index in [0.29, 0.717) is 142 Å². The standard InChI is InChI=1S/C26H27N5O4S.C19H16N4O3S.C10H19NO2.C6H13BrO2.C5H9NO/c1-16-13-29-26(32)21-3-2-4-24(25(16)21)36(33,34)31-7-5-20-22(9-17(12-27)10-23(20)31)28-6-8-30-14-19-11-18(30)15-35-19;1-11-10-22-19(24)14-3-2-4-17(18(11)14)27(25,26)23-6-5-13-15(21)7-12(9-20)8-16(13)23;1-3-12-8(2)5-11-6-10-4-9(11)7-13-10;1-3-8-6(5-7)9-4-2;1-4-3-7-5(1)2-6-4/h2-4,9-10,13,18-19,28H,5-8,11,14-15H2,1H3,(H,29,32);2-4,7-8,10H,5-6,21H2,1H3,(H,22,24);8-10H,3-7H2,1-2H3;6H,3-5H2,1-2H3;4-6H,1-3H2/t18-,19-;;8?,9-,10-;;4-,5-/m0.0.0/s1. The minimum absolute atomic E-state index is 0.0670. The Morgan fingerprint density at radius 3 is 1.67 bits per heavy atom. The summed E-state index contributed by atoms with van der Waals surface area (Å²) in [4.78, 5) is 34.9. The van der Waals surface area contributed by atoms with Crippen LogP contribution in [-0.2, 0) is 61.3 Å². The van der Waals surface area contributed by atoms with Crippen LogP contribution in [0.4, 0.5) is 22.7 Å². The molecule has 23 nitrogen and oxygen atoms in total. The molecule has 26 heteroatoms. The summed E-state index contributed by atoms with van der Waals surface area (Å²) in [6, 6.07) is 22.0. The van der Waals surface area contributed by atoms with Crippen molar-refractivity contribution < 1.29 is 45.3 Å². The molecule has 6 aromatic rings. The Morgan fingerprint density at radius 2 is 1.23 bits per heavy atom. The summed E-state index contributed by atoms with van der Waals surface area (Å²) in [6.45, 7) is 22.8. The normalized spacial score (nSPS) is 22.0. The number of alkyl halides is 1. The van der Waals surface area contributed by atoms with E-state index in [1.54, 1.807) is 68.4 Å². The summed E-state index contributed by atoms with van der Waals surface area (Å²) < 4.78 is 89.8. The summed E-state index contributed by atoms with van der Waals surface area (Å²) in [5.74, 6) is 0. The number of likely N-dealkylation sites (tertiary alicyclic amines) is 2. The van der Waals surface area contributed by atoms with Gasteiger partial charge in [-0.15, -0.1) is 0 Å². The smallest absolute Gasteiger partial charge is 0.264 e. The molecule has 0 amide bonds. The Bertz CT molecular complexity index is 4040. The third kappa shape index (κ3) is 15.0. The highest BCUT2D eigenvalue weighted by Gasteiger charge is 2.41. The Morgan fingerprint density at radius 1 is 0.707 bits per heavy atom. The average molecular weight is 1370 g/mol. The van der Waals surface area contributed by atoms with E-state index in [1.807, 2.05) is 19.9 Å². The van der Waals surface area contributed by atoms with Gasteiger partial charge in [-0.3, -0.25) is 28.0 Å². The van der Waals surface area contributed by atoms with Crippen molar-refractivity contribution in [2.24, 2.45) is 0 Å². The first-order valence-electron chi connectivity index (χ1n) is 31.7. The van der Waals surface area contributed by atoms with E-state index < -0.39 is 20.0 Å². The lowest BCUT2D eigenvalue weighted by Crippen LogP contribution is -2.41. The van der Waals surface area contributed by atoms with Gasteiger partial charge in [-0.25, -0.2) is 16.8 Å². The van der Waals surface area contributed by atoms with Crippen LogP contribution in [0.25, 0.3) is 21.5 Å². The maximum Gasteiger partial charge on any atom is 0.264 e. The van der Waals surface area contributed by atoms with Gasteiger partial charge in [0.1, 0.15) is 0 Å². The molecule has 8 aliphatic heterocycles. The number of fused-ring (bicyclic) bond motifs is 10. The summed E-state index contributed by atoms with van der Waals surface area (Å²) in [5.41, 5.74) is 11.1. The Balaban J connectivity index is 0.000000143. The van der Waals surface area contributed by atoms with E-state index in [1.165, 1.54) is 39.9 Å². The lowest BCUT2D eigenvalue weighted by Gasteiger charge is -2.28. The highest BCUT2D eigenvalue weighted by Crippen LogP contribution is 2.41. The number of hydrogen-bond acceptors (Lipinski definition) is 19. The van der Waals surface area contributed by atoms with Crippen molar-refractivity contribution in [2.45, 2.75) is 132 Å². The Hall–Kier alpha value is -6.50. The maximum absolute atomic E-state index is 13.9. The van der Waals surface area contributed by atoms with Crippen molar-refractivity contribution in [1.29, 1.82) is 10.5 Å². The number of nitriles is 2. The minimum Gasteiger partial charge on any atom is -0.398 e. The third-order valence-corrected chi connectivity index (χ3v) is 22.2. The van der Waals surface area contributed by atoms with Crippen molar-refractivity contribution in [3.63, 3.8) is 0 Å². The van der Waals surface area contributed by atoms with Gasteiger partial charge in [-0.05, 0) is 133 Å². The number of morpholine rings is 3. The molecule has 14 rings (SSSR count). The van der Waals surface area contributed by atoms with Crippen LogP contribution >= 0.6 is 15.9 Å². The molecule has 0 saturated carbocycles. The zero-order chi connectivity index (χ0) is 65.4. The SMILES string of the molecule is C1O[C@@H]2CN[C@H]1C2.CCOC(C)CN1C[C@@H]2C[C@H]1CO2.CCOC(CBr)OCC.Cc1c[nH]c(=O)c2cccc(S(=O)(=O)N3CCc4c(N)cc(C#N)cc43)c12.Cc1c[nH]c(=O)c2cccc(S(=O)(=O)N3CCc4c(NCCN5C[C@@H]6C[C@H]5CO6)cc(C#N)cc43)c12. The number of pyridine rings is 2. The summed E-state index contributed by atoms with van der Waals surface area (Å²) in [7, 11) is -7.92. The fourth-order valence-electron chi connectivity index (χ4n) is 13.6. The number of rotatable bonds is 17. The molecular weight excluding hydrogens is 1280 g/mol. The molecule has 0 aliphatic carbocycles. The topological polar surface area (TPSA) is 300 Å². The predicted octanol–water partition coefficient (Wildman–Crippen LogP) is 6.80. The van der Waals surface area contributed by atoms with Gasteiger partial charge in [0.05, 0.1) is 94.0 Å². The number of anilines is 4. The summed E-state index contributed by atoms with van der Waals surface area (Å²) in [6.07, 6.45) is 9.33. The molecule has 7 atom stereocenters. The number of hydrogen-bond donors (Lipinski definition) is 5. The van der Waals surface area contributed by atoms with Crippen molar-refractivity contribution in [3.05, 3.63) is 127 Å². The second kappa shape index (κ2) is 30.3. The predicted molar refractivity (Wildman–Crippen MR) is 358 cm³/mol. The van der Waals surface area contributed by atoms with Crippen LogP contribution in [0.2, 0.25) is 0 Å². The van der Waals surface area contributed by atoms with Crippen LogP contribution in [0.15, 0.2) is 92.4 Å². The van der Waals surface area contributed by atoms with Gasteiger partial charge >= 0.3 is 0 Å². The number of nitrogens with one attached hydrogen (secondary N) is 4. The number of H-pyrrole nitrogens is 2. The molecule has 6 saturated heterocycles. The van der Waals surface area contributed by atoms with Gasteiger partial charge in [0.2, 0.25) is 0 Å². The van der Waals surface area contributed by atoms with Crippen LogP contribution in [0.5, 0.6) is 0 Å². The van der Waals surface area contributed by atoms with Gasteiger partial charge < -0.3 is 54.8 Å². The fraction of sp³-hybridized carbons (Fsp3) is 0.515. The lowest BCUT2D eigenvalue weighted by molar-refractivity contribution is -0.119. The van der Waals surface area contributed by atoms with E-state index in [9.17, 15) is 36.9 Å². The van der Waals surface area contributed by atoms with E-state index >= 15 is 0 Å². The quantitative estimate of drug-likeness (QED) is 0.0356. The molecule has 4 aromatic carbocycles. The molecule has 8 aliphatic rings. The molecule has 6 bridgehead atoms. The fourth-order valence-corrected chi connectivity index (χ4v) is 17.5. The molecule has 1 unspecified atom stereocenters. The number of sulfonamides is 2. The lowest BCUT2D eigenvalue weighted by atomic mass is 10.1. The van der Waals surface area contributed by atoms with Gasteiger partial charge in [0.25, 0.3) is 31.2 Å². The minimum atomic E-state index is -3.98. The average Bonchev–Trinajstić information content (AvgIpc) is 1.68. The largest absolute Gasteiger partial charge is 0.398 e. The first-order chi connectivity index (χ1) is 44.3. The van der Waals surface area contributed by atoms with Crippen LogP contribution in [0, 0.1) is 36.5 Å². The molecule has 6 fully saturated rings. The van der Waals surface area contributed by atoms with Crippen molar-refractivity contribution >= 4 is 80.3 Å². The van der Waals surface area contributed by atoms with Crippen LogP contribution in [0.1, 0.15) is 80.3 Å². The number of ether oxygens (including phenoxy) is 6. The van der Waals surface area contributed by atoms with Crippen LogP contribution in [-0.4, -0.2) is 183 Å². The van der Waals surface area contributed by atoms with E-state index in [0.717, 1.165) is 82.2 Å². The molecule has 92 heavy (non-hydrogen) atoms. The van der Waals surface area contributed by atoms with Crippen molar-refractivity contribution in [1.82, 2.24) is 25.1 Å². The number of nitrogens with zero attached hydrogens (tertiary/aromatic N) is 6. The second-order valence-electron chi connectivity index (χ2n) is 24.0. The van der Waals surface area contributed by atoms with Gasteiger partial charge in [-0.1, -0.05) is 28.1 Å². The summed E-state index contributed by atoms with van der Waals surface area (Å²) >= 11 is 3.27. The van der Waals surface area contributed by atoms with Crippen molar-refractivity contribution in [3.8, 4) is 12.1 Å². The highest BCUT2D eigenvalue weighted by molar-refractivity contribution is 9.09. The van der Waals surface area contributed by atoms with Crippen molar-refractivity contribution in [2.75, 3.05) is 117 Å². The zero-order valence-electron chi connectivity index (χ0n) is 53.0. The Kier molecular flexibility index (Phi) is 22.5. The Labute approximate surface area is 546 Å². The van der Waals surface area contributed by atoms with Gasteiger partial charge in [0, 0.05) is 147 Å². The summed E-state index contributed by atoms with van der Waals surface area (Å²) in [5, 5.41) is 27.9. The highest BCUT2D eigenvalue weighted by atomic mass is 79.9. The van der Waals surface area contributed by atoms with E-state index in [-0.39, 0.29) is 40.3 Å². The second-order valence-corrected chi connectivity index (χ2v) is 28.4. The van der Waals surface area contributed by atoms with Gasteiger partial charge in [-0.2, -0.15) is 10.5 Å². The number of aromatic amines is 2. The number of aromatic nitrogens is 2. The molecule has 0 spiro atoms. The number of nitrogens with two attached hydrogens (primary N) is 1. The molecule has 6 N–H and O–H groups in total. The molecule has 0 radical (unpaired) electrons. The monoisotopic (exact) mass is 1370 g/mol. The number of nitrogen functional groups attached to an aromatic ring is 1. The van der Waals surface area contributed by atoms with Gasteiger partial charge in [0.15, 0.2) is 6.29 Å². The van der Waals surface area contributed by atoms with Crippen LogP contribution < -0.4 is 36.1 Å².